The quantitative estimate of drug-likeness (QED) is 0.698. The van der Waals surface area contributed by atoms with Crippen molar-refractivity contribution in [3.63, 3.8) is 0 Å². The Morgan fingerprint density at radius 1 is 0.929 bits per heavy atom. The summed E-state index contributed by atoms with van der Waals surface area (Å²) in [6, 6.07) is 11.4. The van der Waals surface area contributed by atoms with Crippen LogP contribution < -0.4 is 15.5 Å². The second kappa shape index (κ2) is 8.13. The van der Waals surface area contributed by atoms with Gasteiger partial charge in [0.25, 0.3) is 0 Å². The molecule has 7 nitrogen and oxygen atoms in total. The van der Waals surface area contributed by atoms with Gasteiger partial charge < -0.3 is 20.3 Å². The van der Waals surface area contributed by atoms with Gasteiger partial charge >= 0.3 is 0 Å². The summed E-state index contributed by atoms with van der Waals surface area (Å²) in [4.78, 5) is 6.48. The highest BCUT2D eigenvalue weighted by atomic mass is 19.1. The minimum Gasteiger partial charge on any atom is -0.378 e. The first-order valence-electron chi connectivity index (χ1n) is 8.80. The second-order valence-electron chi connectivity index (χ2n) is 6.13. The SMILES string of the molecule is Fc1cccc(F)c1Nc1nncc(Nc2ccccc2N2CCOCC2)n1. The van der Waals surface area contributed by atoms with Crippen molar-refractivity contribution in [2.24, 2.45) is 0 Å². The van der Waals surface area contributed by atoms with Gasteiger partial charge in [0.2, 0.25) is 5.95 Å². The van der Waals surface area contributed by atoms with Crippen LogP contribution in [-0.2, 0) is 4.74 Å². The van der Waals surface area contributed by atoms with Gasteiger partial charge in [0.05, 0.1) is 30.8 Å². The van der Waals surface area contributed by atoms with E-state index >= 15 is 0 Å². The van der Waals surface area contributed by atoms with Crippen LogP contribution in [-0.4, -0.2) is 41.5 Å². The van der Waals surface area contributed by atoms with E-state index in [9.17, 15) is 8.78 Å². The molecule has 0 aliphatic carbocycles. The third kappa shape index (κ3) is 3.99. The summed E-state index contributed by atoms with van der Waals surface area (Å²) in [6.45, 7) is 2.93. The third-order valence-corrected chi connectivity index (χ3v) is 4.28. The largest absolute Gasteiger partial charge is 0.378 e. The van der Waals surface area contributed by atoms with Gasteiger partial charge in [-0.1, -0.05) is 18.2 Å². The first-order valence-corrected chi connectivity index (χ1v) is 8.80. The summed E-state index contributed by atoms with van der Waals surface area (Å²) in [5.41, 5.74) is 1.53. The number of hydrogen-bond donors (Lipinski definition) is 2. The molecule has 1 aliphatic heterocycles. The minimum absolute atomic E-state index is 0.0159. The summed E-state index contributed by atoms with van der Waals surface area (Å²) < 4.78 is 33.1. The summed E-state index contributed by atoms with van der Waals surface area (Å²) in [6.07, 6.45) is 1.44. The van der Waals surface area contributed by atoms with E-state index in [0.717, 1.165) is 36.6 Å². The molecule has 0 atom stereocenters. The second-order valence-corrected chi connectivity index (χ2v) is 6.13. The van der Waals surface area contributed by atoms with Crippen LogP contribution in [0.4, 0.5) is 37.6 Å². The molecule has 0 saturated carbocycles. The molecule has 3 aromatic rings. The highest BCUT2D eigenvalue weighted by Crippen LogP contribution is 2.29. The van der Waals surface area contributed by atoms with E-state index in [2.05, 4.69) is 30.7 Å². The Labute approximate surface area is 160 Å². The number of halogens is 2. The maximum absolute atomic E-state index is 13.8. The molecule has 9 heteroatoms. The first-order chi connectivity index (χ1) is 13.7. The fraction of sp³-hybridized carbons (Fsp3) is 0.211. The minimum atomic E-state index is -0.736. The number of benzene rings is 2. The Bertz CT molecular complexity index is 944. The number of nitrogens with zero attached hydrogens (tertiary/aromatic N) is 4. The third-order valence-electron chi connectivity index (χ3n) is 4.28. The number of rotatable bonds is 5. The van der Waals surface area contributed by atoms with Crippen LogP contribution in [0.1, 0.15) is 0 Å². The van der Waals surface area contributed by atoms with E-state index in [-0.39, 0.29) is 11.6 Å². The van der Waals surface area contributed by atoms with E-state index in [1.807, 2.05) is 24.3 Å². The average molecular weight is 384 g/mol. The normalized spacial score (nSPS) is 14.0. The van der Waals surface area contributed by atoms with Crippen LogP contribution >= 0.6 is 0 Å². The maximum Gasteiger partial charge on any atom is 0.249 e. The smallest absolute Gasteiger partial charge is 0.249 e. The maximum atomic E-state index is 13.8. The molecule has 28 heavy (non-hydrogen) atoms. The van der Waals surface area contributed by atoms with Gasteiger partial charge in [-0.25, -0.2) is 8.78 Å². The molecule has 1 aliphatic rings. The lowest BCUT2D eigenvalue weighted by Crippen LogP contribution is -2.36. The van der Waals surface area contributed by atoms with Crippen LogP contribution in [0, 0.1) is 11.6 Å². The molecule has 1 aromatic heterocycles. The summed E-state index contributed by atoms with van der Waals surface area (Å²) in [5, 5.41) is 13.4. The van der Waals surface area contributed by atoms with Crippen LogP contribution in [0.15, 0.2) is 48.7 Å². The molecule has 2 heterocycles. The molecule has 0 radical (unpaired) electrons. The molecule has 1 saturated heterocycles. The highest BCUT2D eigenvalue weighted by Gasteiger charge is 2.15. The zero-order valence-electron chi connectivity index (χ0n) is 14.9. The van der Waals surface area contributed by atoms with Gasteiger partial charge in [-0.2, -0.15) is 10.1 Å². The van der Waals surface area contributed by atoms with Gasteiger partial charge in [0.15, 0.2) is 5.82 Å². The average Bonchev–Trinajstić information content (AvgIpc) is 2.72. The lowest BCUT2D eigenvalue weighted by molar-refractivity contribution is 0.123. The number of para-hydroxylation sites is 3. The zero-order valence-corrected chi connectivity index (χ0v) is 14.9. The molecule has 0 amide bonds. The van der Waals surface area contributed by atoms with Crippen molar-refractivity contribution in [1.29, 1.82) is 0 Å². The number of nitrogens with one attached hydrogen (secondary N) is 2. The van der Waals surface area contributed by atoms with Crippen molar-refractivity contribution in [2.45, 2.75) is 0 Å². The summed E-state index contributed by atoms with van der Waals surface area (Å²) >= 11 is 0. The van der Waals surface area contributed by atoms with Crippen molar-refractivity contribution in [2.75, 3.05) is 41.8 Å². The Hall–Kier alpha value is -3.33. The monoisotopic (exact) mass is 384 g/mol. The topological polar surface area (TPSA) is 75.2 Å². The number of anilines is 5. The van der Waals surface area contributed by atoms with Gasteiger partial charge in [0.1, 0.15) is 17.3 Å². The van der Waals surface area contributed by atoms with Crippen LogP contribution in [0.3, 0.4) is 0 Å². The molecule has 0 unspecified atom stereocenters. The van der Waals surface area contributed by atoms with Gasteiger partial charge in [-0.15, -0.1) is 5.10 Å². The molecular formula is C19H18F2N6O. The first kappa shape index (κ1) is 18.1. The van der Waals surface area contributed by atoms with E-state index in [0.29, 0.717) is 19.0 Å². The number of hydrogen-bond acceptors (Lipinski definition) is 7. The van der Waals surface area contributed by atoms with Gasteiger partial charge in [-0.3, -0.25) is 0 Å². The molecule has 1 fully saturated rings. The summed E-state index contributed by atoms with van der Waals surface area (Å²) in [7, 11) is 0. The number of morpholine rings is 1. The predicted molar refractivity (Wildman–Crippen MR) is 102 cm³/mol. The lowest BCUT2D eigenvalue weighted by Gasteiger charge is -2.30. The van der Waals surface area contributed by atoms with Gasteiger partial charge in [0, 0.05) is 13.1 Å². The van der Waals surface area contributed by atoms with E-state index in [1.165, 1.54) is 12.3 Å². The van der Waals surface area contributed by atoms with Crippen LogP contribution in [0.5, 0.6) is 0 Å². The van der Waals surface area contributed by atoms with Crippen molar-refractivity contribution in [3.8, 4) is 0 Å². The lowest BCUT2D eigenvalue weighted by atomic mass is 10.2. The van der Waals surface area contributed by atoms with Crippen molar-refractivity contribution in [3.05, 3.63) is 60.3 Å². The molecule has 0 bridgehead atoms. The zero-order chi connectivity index (χ0) is 19.3. The number of ether oxygens (including phenoxy) is 1. The standard InChI is InChI=1S/C19H18F2N6O/c20-13-4-3-5-14(21)18(13)25-19-24-17(12-22-26-19)23-15-6-1-2-7-16(15)27-8-10-28-11-9-27/h1-7,12H,8-11H2,(H2,23,24,25,26). The Kier molecular flexibility index (Phi) is 5.24. The van der Waals surface area contributed by atoms with E-state index in [1.54, 1.807) is 0 Å². The molecule has 0 spiro atoms. The fourth-order valence-corrected chi connectivity index (χ4v) is 2.94. The van der Waals surface area contributed by atoms with Crippen molar-refractivity contribution in [1.82, 2.24) is 15.2 Å². The predicted octanol–water partition coefficient (Wildman–Crippen LogP) is 3.47. The molecule has 4 rings (SSSR count). The van der Waals surface area contributed by atoms with Crippen LogP contribution in [0.25, 0.3) is 0 Å². The van der Waals surface area contributed by atoms with E-state index in [4.69, 9.17) is 4.74 Å². The summed E-state index contributed by atoms with van der Waals surface area (Å²) in [5.74, 6) is -1.09. The Morgan fingerprint density at radius 3 is 2.46 bits per heavy atom. The van der Waals surface area contributed by atoms with Crippen LogP contribution in [0.2, 0.25) is 0 Å². The van der Waals surface area contributed by atoms with Crippen molar-refractivity contribution < 1.29 is 13.5 Å². The molecule has 2 aromatic carbocycles. The Morgan fingerprint density at radius 2 is 1.68 bits per heavy atom. The molecule has 144 valence electrons. The Balaban J connectivity index is 1.56. The molecular weight excluding hydrogens is 366 g/mol. The van der Waals surface area contributed by atoms with E-state index < -0.39 is 11.6 Å². The fourth-order valence-electron chi connectivity index (χ4n) is 2.94. The van der Waals surface area contributed by atoms with Gasteiger partial charge in [-0.05, 0) is 24.3 Å². The highest BCUT2D eigenvalue weighted by molar-refractivity contribution is 5.74. The number of aromatic nitrogens is 3. The van der Waals surface area contributed by atoms with Crippen molar-refractivity contribution >= 4 is 28.8 Å². The molecule has 2 N–H and O–H groups in total.